The zero-order valence-electron chi connectivity index (χ0n) is 32.9. The first-order valence-electron chi connectivity index (χ1n) is 19.5. The van der Waals surface area contributed by atoms with Crippen molar-refractivity contribution < 1.29 is 67.8 Å². The molecular formula is C40H54N2O14. The number of aliphatic hydroxyl groups excluding tert-OH is 1. The largest absolute Gasteiger partial charge is 0.459 e. The van der Waals surface area contributed by atoms with Gasteiger partial charge in [-0.25, -0.2) is 4.79 Å². The molecule has 0 aromatic rings. The van der Waals surface area contributed by atoms with Crippen LogP contribution in [0.25, 0.3) is 0 Å². The van der Waals surface area contributed by atoms with E-state index < -0.39 is 118 Å². The van der Waals surface area contributed by atoms with Gasteiger partial charge >= 0.3 is 17.9 Å². The van der Waals surface area contributed by atoms with Crippen molar-refractivity contribution >= 4 is 41.4 Å². The van der Waals surface area contributed by atoms with E-state index in [1.807, 2.05) is 0 Å². The molecule has 6 aliphatic rings. The Balaban J connectivity index is 1.23. The molecule has 3 aliphatic heterocycles. The molecule has 4 fully saturated rings. The Hall–Kier alpha value is -3.99. The molecule has 0 aromatic carbocycles. The summed E-state index contributed by atoms with van der Waals surface area (Å²) in [7, 11) is 0. The van der Waals surface area contributed by atoms with Gasteiger partial charge in [-0.3, -0.25) is 33.7 Å². The van der Waals surface area contributed by atoms with Crippen LogP contribution in [0.3, 0.4) is 0 Å². The number of ether oxygens (including phenoxy) is 4. The van der Waals surface area contributed by atoms with Crippen molar-refractivity contribution in [1.29, 1.82) is 0 Å². The molecule has 308 valence electrons. The van der Waals surface area contributed by atoms with Crippen molar-refractivity contribution in [3.8, 4) is 0 Å². The van der Waals surface area contributed by atoms with Crippen molar-refractivity contribution in [3.05, 3.63) is 23.8 Å². The summed E-state index contributed by atoms with van der Waals surface area (Å²) in [6, 6.07) is 0. The summed E-state index contributed by atoms with van der Waals surface area (Å²) in [4.78, 5) is 91.7. The number of hydrogen-bond acceptors (Lipinski definition) is 14. The van der Waals surface area contributed by atoms with Gasteiger partial charge in [0.2, 0.25) is 12.0 Å². The molecule has 56 heavy (non-hydrogen) atoms. The molecule has 11 atom stereocenters. The summed E-state index contributed by atoms with van der Waals surface area (Å²) in [6.45, 7) is 12.0. The van der Waals surface area contributed by atoms with Gasteiger partial charge < -0.3 is 39.6 Å². The predicted octanol–water partition coefficient (Wildman–Crippen LogP) is 0.884. The molecule has 16 nitrogen and oxygen atoms in total. The minimum atomic E-state index is -2.28. The smallest absolute Gasteiger partial charge is 0.348 e. The van der Waals surface area contributed by atoms with Gasteiger partial charge in [0.1, 0.15) is 12.2 Å². The Kier molecular flexibility index (Phi) is 11.0. The molecule has 3 aliphatic carbocycles. The van der Waals surface area contributed by atoms with Crippen LogP contribution < -0.4 is 5.32 Å². The lowest BCUT2D eigenvalue weighted by molar-refractivity contribution is -0.340. The van der Waals surface area contributed by atoms with Crippen molar-refractivity contribution in [3.63, 3.8) is 0 Å². The van der Waals surface area contributed by atoms with Crippen molar-refractivity contribution in [2.24, 2.45) is 46.3 Å². The van der Waals surface area contributed by atoms with Crippen molar-refractivity contribution in [1.82, 2.24) is 10.2 Å². The highest BCUT2D eigenvalue weighted by molar-refractivity contribution is 6.12. The van der Waals surface area contributed by atoms with E-state index in [0.717, 1.165) is 17.1 Å². The van der Waals surface area contributed by atoms with Gasteiger partial charge in [-0.1, -0.05) is 47.1 Å². The molecular weight excluding hydrogens is 732 g/mol. The number of aliphatic hydroxyl groups is 3. The lowest BCUT2D eigenvalue weighted by Crippen LogP contribution is -2.78. The number of nitrogens with zero attached hydrogens (tertiary/aromatic N) is 1. The van der Waals surface area contributed by atoms with Crippen LogP contribution in [0.2, 0.25) is 0 Å². The van der Waals surface area contributed by atoms with E-state index in [2.05, 4.69) is 5.32 Å². The van der Waals surface area contributed by atoms with E-state index >= 15 is 0 Å². The van der Waals surface area contributed by atoms with Gasteiger partial charge in [0, 0.05) is 60.7 Å². The van der Waals surface area contributed by atoms with E-state index in [-0.39, 0.29) is 57.2 Å². The van der Waals surface area contributed by atoms with Crippen LogP contribution in [0.4, 0.5) is 0 Å². The van der Waals surface area contributed by atoms with Crippen LogP contribution in [-0.2, 0) is 52.5 Å². The fourth-order valence-electron chi connectivity index (χ4n) is 11.0. The van der Waals surface area contributed by atoms with E-state index in [1.54, 1.807) is 48.5 Å². The molecule has 2 saturated carbocycles. The van der Waals surface area contributed by atoms with E-state index in [1.165, 1.54) is 6.08 Å². The van der Waals surface area contributed by atoms with Gasteiger partial charge in [-0.15, -0.1) is 0 Å². The average molecular weight is 787 g/mol. The van der Waals surface area contributed by atoms with Crippen LogP contribution in [0.5, 0.6) is 0 Å². The molecule has 0 aromatic heterocycles. The minimum Gasteiger partial charge on any atom is -0.459 e. The zero-order valence-corrected chi connectivity index (χ0v) is 32.9. The summed E-state index contributed by atoms with van der Waals surface area (Å²) in [6.07, 6.45) is -2.41. The van der Waals surface area contributed by atoms with Crippen LogP contribution in [0, 0.1) is 46.3 Å². The molecule has 3 amide bonds. The molecule has 2 bridgehead atoms. The minimum absolute atomic E-state index is 0.00909. The Morgan fingerprint density at radius 3 is 2.30 bits per heavy atom. The lowest BCUT2D eigenvalue weighted by atomic mass is 9.38. The normalized spacial score (nSPS) is 37.3. The number of hydrogen-bond donors (Lipinski definition) is 4. The van der Waals surface area contributed by atoms with Crippen molar-refractivity contribution in [2.75, 3.05) is 19.7 Å². The summed E-state index contributed by atoms with van der Waals surface area (Å²) >= 11 is 0. The third-order valence-corrected chi connectivity index (χ3v) is 13.9. The third-order valence-electron chi connectivity index (χ3n) is 13.9. The molecule has 2 saturated heterocycles. The maximum Gasteiger partial charge on any atom is 0.348 e. The maximum absolute atomic E-state index is 13.9. The molecule has 3 heterocycles. The summed E-state index contributed by atoms with van der Waals surface area (Å²) in [5.41, 5.74) is -3.56. The number of carbonyl (C=O) groups is 7. The van der Waals surface area contributed by atoms with Crippen LogP contribution in [0.1, 0.15) is 80.6 Å². The molecule has 4 N–H and O–H groups in total. The first-order chi connectivity index (χ1) is 26.1. The number of carbonyl (C=O) groups excluding carboxylic acids is 7. The second kappa shape index (κ2) is 14.7. The standard InChI is InChI=1S/C40H54N2O14/c1-19(2)39(51,20(3)4)17-30(48)55-32-31-22(6)33(49)40(52)36-37(7)23(16-25(54-35(32)50)38(31,36)18-53-40)21(5)15-24(43)34(37)56-29(47)10-8-9-26(44)41-13-14-42-27(45)11-12-28(42)46/h11-12,15,19-20,22-23,25,31-34,36,49,51-52H,8-10,13-14,16-18H2,1-7H3,(H,41,44)/t22-,23+,25-,31?,32?,33-,34-,36?,37-,38+,40?/m1/s1. The van der Waals surface area contributed by atoms with Gasteiger partial charge in [-0.05, 0) is 49.5 Å². The number of esters is 3. The number of allylic oxidation sites excluding steroid dienone is 1. The topological polar surface area (TPSA) is 232 Å². The number of ketones is 1. The molecule has 16 heteroatoms. The summed E-state index contributed by atoms with van der Waals surface area (Å²) in [5, 5.41) is 38.3. The van der Waals surface area contributed by atoms with E-state index in [0.29, 0.717) is 5.57 Å². The first kappa shape index (κ1) is 41.6. The van der Waals surface area contributed by atoms with Crippen LogP contribution in [-0.4, -0.2) is 117 Å². The van der Waals surface area contributed by atoms with Gasteiger partial charge in [0.05, 0.1) is 18.6 Å². The van der Waals surface area contributed by atoms with Gasteiger partial charge in [0.15, 0.2) is 17.7 Å². The molecule has 0 radical (unpaired) electrons. The average Bonchev–Trinajstić information content (AvgIpc) is 3.59. The second-order valence-corrected chi connectivity index (χ2v) is 17.4. The van der Waals surface area contributed by atoms with E-state index in [4.69, 9.17) is 18.9 Å². The predicted molar refractivity (Wildman–Crippen MR) is 192 cm³/mol. The molecule has 6 rings (SSSR count). The highest BCUT2D eigenvalue weighted by Gasteiger charge is 2.84. The van der Waals surface area contributed by atoms with Gasteiger partial charge in [-0.2, -0.15) is 0 Å². The number of fused-ring (bicyclic) bond motifs is 1. The number of amides is 3. The fraction of sp³-hybridized carbons (Fsp3) is 0.725. The SMILES string of the molecule is CC1=CC(=O)[C@@H](OC(=O)CCCC(=O)NCCN2C(=O)C=CC2=O)[C@]2(C)C3C4(O)OC[C@]35C(C(OC(=O)CC(O)(C(C)C)C(C)C)C(=O)O[C@@H]5C[C@@H]12)[C@@H](C)[C@H]4O. The van der Waals surface area contributed by atoms with E-state index in [9.17, 15) is 48.9 Å². The Labute approximate surface area is 325 Å². The third kappa shape index (κ3) is 6.40. The lowest BCUT2D eigenvalue weighted by Gasteiger charge is -2.68. The van der Waals surface area contributed by atoms with Crippen molar-refractivity contribution in [2.45, 2.75) is 116 Å². The second-order valence-electron chi connectivity index (χ2n) is 17.4. The first-order valence-corrected chi connectivity index (χ1v) is 19.5. The zero-order chi connectivity index (χ0) is 41.3. The maximum atomic E-state index is 13.9. The highest BCUT2D eigenvalue weighted by Crippen LogP contribution is 2.74. The number of rotatable bonds is 13. The van der Waals surface area contributed by atoms with Crippen LogP contribution in [0.15, 0.2) is 23.8 Å². The Morgan fingerprint density at radius 1 is 1.04 bits per heavy atom. The Morgan fingerprint density at radius 2 is 1.68 bits per heavy atom. The molecule has 1 spiro atoms. The number of nitrogens with one attached hydrogen (secondary N) is 1. The van der Waals surface area contributed by atoms with Gasteiger partial charge in [0.25, 0.3) is 11.8 Å². The summed E-state index contributed by atoms with van der Waals surface area (Å²) < 4.78 is 24.1. The van der Waals surface area contributed by atoms with Crippen LogP contribution >= 0.6 is 0 Å². The summed E-state index contributed by atoms with van der Waals surface area (Å²) in [5.74, 6) is -10.9. The fourth-order valence-corrected chi connectivity index (χ4v) is 11.0. The monoisotopic (exact) mass is 786 g/mol. The highest BCUT2D eigenvalue weighted by atomic mass is 16.7. The number of imide groups is 1. The molecule has 4 unspecified atom stereocenters. The Bertz CT molecular complexity index is 1730. The quantitative estimate of drug-likeness (QED) is 0.115.